The molecule has 194 valence electrons. The van der Waals surface area contributed by atoms with Crippen LogP contribution < -0.4 is 5.32 Å². The van der Waals surface area contributed by atoms with Crippen molar-refractivity contribution in [1.82, 2.24) is 19.8 Å². The van der Waals surface area contributed by atoms with E-state index in [1.165, 1.54) is 0 Å². The van der Waals surface area contributed by atoms with Gasteiger partial charge in [-0.2, -0.15) is 0 Å². The number of aromatic nitrogens is 2. The number of ether oxygens (including phenoxy) is 2. The largest absolute Gasteiger partial charge is 0.383 e. The highest BCUT2D eigenvalue weighted by atomic mass is 16.5. The maximum atomic E-state index is 13.2. The average molecular weight is 494 g/mol. The van der Waals surface area contributed by atoms with Gasteiger partial charge >= 0.3 is 0 Å². The number of nitrogens with zero attached hydrogens (tertiary/aromatic N) is 3. The third kappa shape index (κ3) is 5.88. The topological polar surface area (TPSA) is 82.7 Å². The molecule has 0 aliphatic carbocycles. The molecule has 36 heavy (non-hydrogen) atoms. The number of rotatable bonds is 7. The maximum absolute atomic E-state index is 13.2. The predicted molar refractivity (Wildman–Crippen MR) is 145 cm³/mol. The lowest BCUT2D eigenvalue weighted by molar-refractivity contribution is 0.00159. The third-order valence-corrected chi connectivity index (χ3v) is 6.95. The molecule has 2 saturated heterocycles. The zero-order chi connectivity index (χ0) is 25.3. The number of amides is 1. The zero-order valence-electron chi connectivity index (χ0n) is 21.8. The van der Waals surface area contributed by atoms with E-state index in [2.05, 4.69) is 20.2 Å². The number of aromatic amines is 1. The van der Waals surface area contributed by atoms with Gasteiger partial charge in [-0.3, -0.25) is 9.69 Å². The second-order valence-electron chi connectivity index (χ2n) is 8.96. The molecular formula is C28H39N5O3. The molecule has 1 aromatic carbocycles. The van der Waals surface area contributed by atoms with E-state index in [9.17, 15) is 4.79 Å². The van der Waals surface area contributed by atoms with Crippen LogP contribution in [-0.2, 0) is 9.47 Å². The number of fused-ring (bicyclic) bond motifs is 1. The maximum Gasteiger partial charge on any atom is 0.253 e. The van der Waals surface area contributed by atoms with Crippen LogP contribution in [0.1, 0.15) is 37.0 Å². The fraction of sp³-hybridized carbons (Fsp3) is 0.500. The summed E-state index contributed by atoms with van der Waals surface area (Å²) in [6, 6.07) is 10.5. The Morgan fingerprint density at radius 1 is 1.11 bits per heavy atom. The monoisotopic (exact) mass is 493 g/mol. The number of carbonyl (C=O) groups excluding carboxylic acids is 1. The Kier molecular flexibility index (Phi) is 9.33. The Labute approximate surface area is 214 Å². The number of pyridine rings is 1. The number of hydrogen-bond acceptors (Lipinski definition) is 6. The van der Waals surface area contributed by atoms with Crippen molar-refractivity contribution >= 4 is 22.6 Å². The molecule has 0 bridgehead atoms. The predicted octanol–water partition coefficient (Wildman–Crippen LogP) is 4.25. The third-order valence-electron chi connectivity index (χ3n) is 6.95. The fourth-order valence-electron chi connectivity index (χ4n) is 5.05. The average Bonchev–Trinajstić information content (AvgIpc) is 3.44. The first-order valence-electron chi connectivity index (χ1n) is 13.1. The quantitative estimate of drug-likeness (QED) is 0.479. The molecule has 0 unspecified atom stereocenters. The number of H-pyrrole nitrogens is 1. The van der Waals surface area contributed by atoms with Crippen LogP contribution in [0.25, 0.3) is 22.2 Å². The molecule has 4 heterocycles. The van der Waals surface area contributed by atoms with E-state index in [-0.39, 0.29) is 5.91 Å². The minimum Gasteiger partial charge on any atom is -0.383 e. The molecule has 0 spiro atoms. The summed E-state index contributed by atoms with van der Waals surface area (Å²) in [5, 5.41) is 4.53. The van der Waals surface area contributed by atoms with Gasteiger partial charge in [0.2, 0.25) is 0 Å². The minimum absolute atomic E-state index is 0.115. The minimum atomic E-state index is 0.115. The molecule has 8 heteroatoms. The molecule has 0 atom stereocenters. The molecule has 8 nitrogen and oxygen atoms in total. The fourth-order valence-corrected chi connectivity index (χ4v) is 5.05. The molecule has 0 radical (unpaired) electrons. The summed E-state index contributed by atoms with van der Waals surface area (Å²) in [4.78, 5) is 25.4. The Morgan fingerprint density at radius 3 is 2.53 bits per heavy atom. The van der Waals surface area contributed by atoms with Gasteiger partial charge in [0.1, 0.15) is 5.65 Å². The molecule has 1 amide bonds. The van der Waals surface area contributed by atoms with Crippen molar-refractivity contribution < 1.29 is 14.3 Å². The van der Waals surface area contributed by atoms with Gasteiger partial charge in [0.25, 0.3) is 5.91 Å². The van der Waals surface area contributed by atoms with Crippen LogP contribution in [0.2, 0.25) is 0 Å². The van der Waals surface area contributed by atoms with E-state index in [1.54, 1.807) is 7.11 Å². The van der Waals surface area contributed by atoms with Gasteiger partial charge in [-0.25, -0.2) is 4.98 Å². The normalized spacial score (nSPS) is 17.0. The lowest BCUT2D eigenvalue weighted by Gasteiger charge is -2.40. The number of nitrogens with one attached hydrogen (secondary N) is 2. The second kappa shape index (κ2) is 12.9. The number of morpholine rings is 1. The second-order valence-corrected chi connectivity index (χ2v) is 8.96. The van der Waals surface area contributed by atoms with E-state index in [4.69, 9.17) is 9.47 Å². The number of benzene rings is 1. The van der Waals surface area contributed by atoms with Gasteiger partial charge in [-0.05, 0) is 36.6 Å². The van der Waals surface area contributed by atoms with Crippen LogP contribution in [0.5, 0.6) is 0 Å². The van der Waals surface area contributed by atoms with Crippen molar-refractivity contribution in [1.29, 1.82) is 0 Å². The Balaban J connectivity index is 0.00000148. The number of carbonyl (C=O) groups is 1. The summed E-state index contributed by atoms with van der Waals surface area (Å²) in [6.07, 6.45) is 5.83. The summed E-state index contributed by atoms with van der Waals surface area (Å²) in [5.41, 5.74) is 4.63. The Hall–Kier alpha value is -2.94. The van der Waals surface area contributed by atoms with Gasteiger partial charge in [0, 0.05) is 74.8 Å². The molecule has 2 aromatic heterocycles. The summed E-state index contributed by atoms with van der Waals surface area (Å²) in [5.74, 6) is 0.115. The highest BCUT2D eigenvalue weighted by Gasteiger charge is 2.28. The molecule has 2 aliphatic heterocycles. The lowest BCUT2D eigenvalue weighted by atomic mass is 10.00. The van der Waals surface area contributed by atoms with Gasteiger partial charge in [-0.15, -0.1) is 0 Å². The van der Waals surface area contributed by atoms with Crippen LogP contribution in [-0.4, -0.2) is 91.4 Å². The first-order valence-corrected chi connectivity index (χ1v) is 13.1. The molecule has 2 N–H and O–H groups in total. The highest BCUT2D eigenvalue weighted by Crippen LogP contribution is 2.33. The van der Waals surface area contributed by atoms with E-state index in [0.717, 1.165) is 85.6 Å². The van der Waals surface area contributed by atoms with Crippen molar-refractivity contribution in [3.05, 3.63) is 48.3 Å². The molecular weight excluding hydrogens is 454 g/mol. The summed E-state index contributed by atoms with van der Waals surface area (Å²) < 4.78 is 10.7. The lowest BCUT2D eigenvalue weighted by Crippen LogP contribution is -2.50. The van der Waals surface area contributed by atoms with E-state index >= 15 is 0 Å². The SMILES string of the molecule is CC.COCCNc1c(-c2ccc(C(=O)N3CCC(N4CCOCC4)CC3)cc2)cnc2[nH]ccc12. The number of anilines is 1. The van der Waals surface area contributed by atoms with Crippen LogP contribution in [0.15, 0.2) is 42.7 Å². The van der Waals surface area contributed by atoms with Crippen molar-refractivity contribution in [2.45, 2.75) is 32.7 Å². The van der Waals surface area contributed by atoms with Gasteiger partial charge in [-0.1, -0.05) is 26.0 Å². The van der Waals surface area contributed by atoms with Crippen LogP contribution in [0, 0.1) is 0 Å². The number of likely N-dealkylation sites (tertiary alicyclic amines) is 1. The van der Waals surface area contributed by atoms with Crippen molar-refractivity contribution in [3.8, 4) is 11.1 Å². The molecule has 2 fully saturated rings. The van der Waals surface area contributed by atoms with E-state index < -0.39 is 0 Å². The summed E-state index contributed by atoms with van der Waals surface area (Å²) in [6.45, 7) is 10.6. The molecule has 5 rings (SSSR count). The van der Waals surface area contributed by atoms with E-state index in [1.807, 2.05) is 61.5 Å². The van der Waals surface area contributed by atoms with Crippen LogP contribution in [0.4, 0.5) is 5.69 Å². The van der Waals surface area contributed by atoms with Crippen molar-refractivity contribution in [2.24, 2.45) is 0 Å². The van der Waals surface area contributed by atoms with Gasteiger partial charge in [0.05, 0.1) is 25.5 Å². The smallest absolute Gasteiger partial charge is 0.253 e. The van der Waals surface area contributed by atoms with Crippen molar-refractivity contribution in [2.75, 3.05) is 65.0 Å². The van der Waals surface area contributed by atoms with Gasteiger partial charge < -0.3 is 24.7 Å². The summed E-state index contributed by atoms with van der Waals surface area (Å²) in [7, 11) is 1.70. The van der Waals surface area contributed by atoms with Crippen molar-refractivity contribution in [3.63, 3.8) is 0 Å². The number of hydrogen-bond donors (Lipinski definition) is 2. The summed E-state index contributed by atoms with van der Waals surface area (Å²) >= 11 is 0. The first-order chi connectivity index (χ1) is 17.7. The molecule has 3 aromatic rings. The number of methoxy groups -OCH3 is 1. The van der Waals surface area contributed by atoms with Gasteiger partial charge in [0.15, 0.2) is 0 Å². The van der Waals surface area contributed by atoms with Crippen LogP contribution in [0.3, 0.4) is 0 Å². The first kappa shape index (κ1) is 26.1. The highest BCUT2D eigenvalue weighted by molar-refractivity contribution is 5.99. The Morgan fingerprint density at radius 2 is 1.83 bits per heavy atom. The standard InChI is InChI=1S/C26H33N5O3.C2H6/c1-33-15-10-27-24-22-6-9-28-25(22)29-18-23(24)19-2-4-20(5-3-19)26(32)31-11-7-21(8-12-31)30-13-16-34-17-14-30;1-2/h2-6,9,18,21H,7-8,10-17H2,1H3,(H2,27,28,29);1-2H3. The molecule has 0 saturated carbocycles. The Bertz CT molecular complexity index is 1100. The van der Waals surface area contributed by atoms with Crippen LogP contribution >= 0.6 is 0 Å². The molecule has 2 aliphatic rings. The zero-order valence-corrected chi connectivity index (χ0v) is 21.8. The van der Waals surface area contributed by atoms with E-state index in [0.29, 0.717) is 19.2 Å². The number of piperidine rings is 1.